The molecule has 0 N–H and O–H groups in total. The maximum Gasteiger partial charge on any atom is 0.284 e. The average Bonchev–Trinajstić information content (AvgIpc) is 3.32. The van der Waals surface area contributed by atoms with Gasteiger partial charge >= 0.3 is 0 Å². The number of sulfonamides is 1. The fourth-order valence-electron chi connectivity index (χ4n) is 4.07. The van der Waals surface area contributed by atoms with Gasteiger partial charge in [0.05, 0.1) is 4.90 Å². The summed E-state index contributed by atoms with van der Waals surface area (Å²) in [5.41, 5.74) is 1.85. The Kier molecular flexibility index (Phi) is 6.21. The standard InChI is InChI=1S/C25H24FN3O4S/c26-21-7-9-22(10-8-21)34(30,31)27-25(20-4-2-1-3-5-20)29-14-12-28(13-15-29)17-19-6-11-23-24(16-19)33-18-32-23/h1-11,16H,12-15,17-18H2. The van der Waals surface area contributed by atoms with Gasteiger partial charge in [-0.3, -0.25) is 4.90 Å². The van der Waals surface area contributed by atoms with Gasteiger partial charge in [-0.1, -0.05) is 36.4 Å². The highest BCUT2D eigenvalue weighted by Gasteiger charge is 2.24. The van der Waals surface area contributed by atoms with Crippen molar-refractivity contribution in [2.45, 2.75) is 11.4 Å². The minimum absolute atomic E-state index is 0.0382. The van der Waals surface area contributed by atoms with Gasteiger partial charge in [0.15, 0.2) is 11.5 Å². The third-order valence-corrected chi connectivity index (χ3v) is 7.15. The van der Waals surface area contributed by atoms with Crippen LogP contribution >= 0.6 is 0 Å². The Morgan fingerprint density at radius 1 is 0.882 bits per heavy atom. The molecule has 0 bridgehead atoms. The number of hydrogen-bond donors (Lipinski definition) is 0. The molecular formula is C25H24FN3O4S. The largest absolute Gasteiger partial charge is 0.454 e. The molecule has 0 atom stereocenters. The predicted molar refractivity (Wildman–Crippen MR) is 126 cm³/mol. The summed E-state index contributed by atoms with van der Waals surface area (Å²) in [6, 6.07) is 20.0. The van der Waals surface area contributed by atoms with E-state index in [0.717, 1.165) is 54.4 Å². The highest BCUT2D eigenvalue weighted by molar-refractivity contribution is 7.90. The molecule has 0 aliphatic carbocycles. The van der Waals surface area contributed by atoms with Crippen LogP contribution in [-0.2, 0) is 16.6 Å². The molecule has 2 heterocycles. The minimum atomic E-state index is -4.00. The third kappa shape index (κ3) is 4.90. The van der Waals surface area contributed by atoms with E-state index < -0.39 is 15.8 Å². The first-order valence-electron chi connectivity index (χ1n) is 11.0. The van der Waals surface area contributed by atoms with Crippen molar-refractivity contribution >= 4 is 15.9 Å². The van der Waals surface area contributed by atoms with E-state index in [2.05, 4.69) is 9.30 Å². The van der Waals surface area contributed by atoms with Crippen LogP contribution in [0.4, 0.5) is 4.39 Å². The van der Waals surface area contributed by atoms with Crippen molar-refractivity contribution in [2.24, 2.45) is 4.40 Å². The van der Waals surface area contributed by atoms with Gasteiger partial charge in [-0.2, -0.15) is 8.42 Å². The topological polar surface area (TPSA) is 71.4 Å². The number of hydrogen-bond acceptors (Lipinski definition) is 5. The lowest BCUT2D eigenvalue weighted by molar-refractivity contribution is 0.172. The molecular weight excluding hydrogens is 457 g/mol. The van der Waals surface area contributed by atoms with Crippen LogP contribution in [0.25, 0.3) is 0 Å². The number of fused-ring (bicyclic) bond motifs is 1. The summed E-state index contributed by atoms with van der Waals surface area (Å²) in [7, 11) is -4.00. The highest BCUT2D eigenvalue weighted by Crippen LogP contribution is 2.33. The van der Waals surface area contributed by atoms with Crippen molar-refractivity contribution in [3.05, 3.63) is 89.7 Å². The SMILES string of the molecule is O=S(=O)(N=C(c1ccccc1)N1CCN(Cc2ccc3c(c2)OCO3)CC1)c1ccc(F)cc1. The van der Waals surface area contributed by atoms with E-state index in [1.165, 1.54) is 12.1 Å². The second-order valence-electron chi connectivity index (χ2n) is 8.16. The number of piperazine rings is 1. The zero-order valence-electron chi connectivity index (χ0n) is 18.4. The smallest absolute Gasteiger partial charge is 0.284 e. The lowest BCUT2D eigenvalue weighted by Gasteiger charge is -2.36. The first kappa shape index (κ1) is 22.4. The van der Waals surface area contributed by atoms with E-state index in [1.807, 2.05) is 53.4 Å². The van der Waals surface area contributed by atoms with Crippen LogP contribution in [-0.4, -0.2) is 57.0 Å². The van der Waals surface area contributed by atoms with Crippen LogP contribution in [0, 0.1) is 5.82 Å². The number of nitrogens with zero attached hydrogens (tertiary/aromatic N) is 3. The number of ether oxygens (including phenoxy) is 2. The van der Waals surface area contributed by atoms with Gasteiger partial charge in [-0.05, 0) is 42.0 Å². The molecule has 1 fully saturated rings. The first-order chi connectivity index (χ1) is 16.5. The Balaban J connectivity index is 1.34. The molecule has 0 saturated carbocycles. The monoisotopic (exact) mass is 481 g/mol. The Bertz CT molecular complexity index is 1290. The van der Waals surface area contributed by atoms with Gasteiger partial charge in [-0.25, -0.2) is 4.39 Å². The van der Waals surface area contributed by atoms with Crippen molar-refractivity contribution < 1.29 is 22.3 Å². The fourth-order valence-corrected chi connectivity index (χ4v) is 5.10. The maximum atomic E-state index is 13.3. The molecule has 2 aliphatic rings. The number of halogens is 1. The normalized spacial score (nSPS) is 16.6. The lowest BCUT2D eigenvalue weighted by Crippen LogP contribution is -2.48. The van der Waals surface area contributed by atoms with Crippen molar-refractivity contribution in [3.63, 3.8) is 0 Å². The van der Waals surface area contributed by atoms with Gasteiger partial charge in [0, 0.05) is 38.3 Å². The molecule has 0 unspecified atom stereocenters. The van der Waals surface area contributed by atoms with Gasteiger partial charge in [0.1, 0.15) is 11.7 Å². The Labute approximate surface area is 198 Å². The summed E-state index contributed by atoms with van der Waals surface area (Å²) in [6.45, 7) is 3.75. The fraction of sp³-hybridized carbons (Fsp3) is 0.240. The number of rotatable bonds is 5. The van der Waals surface area contributed by atoms with Crippen molar-refractivity contribution in [1.29, 1.82) is 0 Å². The van der Waals surface area contributed by atoms with E-state index in [1.54, 1.807) is 0 Å². The zero-order valence-corrected chi connectivity index (χ0v) is 19.2. The second kappa shape index (κ2) is 9.44. The molecule has 3 aromatic carbocycles. The number of benzene rings is 3. The third-order valence-electron chi connectivity index (χ3n) is 5.87. The quantitative estimate of drug-likeness (QED) is 0.410. The summed E-state index contributed by atoms with van der Waals surface area (Å²) in [5, 5.41) is 0. The molecule has 3 aromatic rings. The summed E-state index contributed by atoms with van der Waals surface area (Å²) < 4.78 is 54.3. The molecule has 0 amide bonds. The van der Waals surface area contributed by atoms with Gasteiger partial charge < -0.3 is 14.4 Å². The van der Waals surface area contributed by atoms with Crippen LogP contribution < -0.4 is 9.47 Å². The van der Waals surface area contributed by atoms with E-state index in [4.69, 9.17) is 9.47 Å². The summed E-state index contributed by atoms with van der Waals surface area (Å²) in [4.78, 5) is 4.27. The van der Waals surface area contributed by atoms with E-state index in [0.29, 0.717) is 18.9 Å². The van der Waals surface area contributed by atoms with Crippen LogP contribution in [0.2, 0.25) is 0 Å². The van der Waals surface area contributed by atoms with Crippen molar-refractivity contribution in [2.75, 3.05) is 33.0 Å². The molecule has 176 valence electrons. The summed E-state index contributed by atoms with van der Waals surface area (Å²) in [6.07, 6.45) is 0. The summed E-state index contributed by atoms with van der Waals surface area (Å²) >= 11 is 0. The molecule has 1 saturated heterocycles. The molecule has 2 aliphatic heterocycles. The van der Waals surface area contributed by atoms with Crippen LogP contribution in [0.1, 0.15) is 11.1 Å². The van der Waals surface area contributed by atoms with Crippen LogP contribution in [0.15, 0.2) is 82.1 Å². The summed E-state index contributed by atoms with van der Waals surface area (Å²) in [5.74, 6) is 1.43. The van der Waals surface area contributed by atoms with Crippen LogP contribution in [0.3, 0.4) is 0 Å². The lowest BCUT2D eigenvalue weighted by atomic mass is 10.1. The molecule has 9 heteroatoms. The Hall–Kier alpha value is -3.43. The van der Waals surface area contributed by atoms with E-state index in [9.17, 15) is 12.8 Å². The van der Waals surface area contributed by atoms with E-state index >= 15 is 0 Å². The van der Waals surface area contributed by atoms with Gasteiger partial charge in [-0.15, -0.1) is 4.40 Å². The van der Waals surface area contributed by atoms with Crippen LogP contribution in [0.5, 0.6) is 11.5 Å². The molecule has 0 radical (unpaired) electrons. The molecule has 5 rings (SSSR count). The molecule has 7 nitrogen and oxygen atoms in total. The van der Waals surface area contributed by atoms with Crippen molar-refractivity contribution in [1.82, 2.24) is 9.80 Å². The van der Waals surface area contributed by atoms with Crippen molar-refractivity contribution in [3.8, 4) is 11.5 Å². The zero-order chi connectivity index (χ0) is 23.5. The molecule has 0 aromatic heterocycles. The van der Waals surface area contributed by atoms with Gasteiger partial charge in [0.25, 0.3) is 10.0 Å². The molecule has 0 spiro atoms. The Morgan fingerprint density at radius 2 is 1.59 bits per heavy atom. The molecule has 34 heavy (non-hydrogen) atoms. The highest BCUT2D eigenvalue weighted by atomic mass is 32.2. The predicted octanol–water partition coefficient (Wildman–Crippen LogP) is 3.51. The second-order valence-corrected chi connectivity index (χ2v) is 9.76. The minimum Gasteiger partial charge on any atom is -0.454 e. The van der Waals surface area contributed by atoms with Gasteiger partial charge in [0.2, 0.25) is 6.79 Å². The first-order valence-corrected chi connectivity index (χ1v) is 12.4. The maximum absolute atomic E-state index is 13.3. The Morgan fingerprint density at radius 3 is 2.32 bits per heavy atom. The number of amidine groups is 1. The average molecular weight is 482 g/mol. The van der Waals surface area contributed by atoms with E-state index in [-0.39, 0.29) is 11.7 Å².